The van der Waals surface area contributed by atoms with E-state index < -0.39 is 0 Å². The van der Waals surface area contributed by atoms with Crippen molar-refractivity contribution >= 4 is 23.2 Å². The first kappa shape index (κ1) is 13.0. The van der Waals surface area contributed by atoms with E-state index in [1.165, 1.54) is 11.3 Å². The van der Waals surface area contributed by atoms with Gasteiger partial charge in [-0.15, -0.1) is 0 Å². The Morgan fingerprint density at radius 2 is 1.95 bits per heavy atom. The van der Waals surface area contributed by atoms with E-state index in [2.05, 4.69) is 5.10 Å². The molecule has 1 aromatic heterocycles. The fourth-order valence-electron chi connectivity index (χ4n) is 2.82. The lowest BCUT2D eigenvalue weighted by atomic mass is 9.92. The Bertz CT molecular complexity index is 614. The molecule has 5 heteroatoms. The average Bonchev–Trinajstić information content (AvgIpc) is 2.67. The van der Waals surface area contributed by atoms with Crippen LogP contribution in [-0.2, 0) is 6.42 Å². The van der Waals surface area contributed by atoms with Crippen LogP contribution in [0.1, 0.15) is 35.8 Å². The number of nitrogens with two attached hydrogens (primary N) is 1. The zero-order chi connectivity index (χ0) is 13.6. The lowest BCUT2D eigenvalue weighted by Crippen LogP contribution is -2.18. The largest absolute Gasteiger partial charge is 0.324 e. The van der Waals surface area contributed by atoms with Crippen LogP contribution in [0, 0.1) is 6.92 Å². The number of benzene rings is 1. The van der Waals surface area contributed by atoms with Gasteiger partial charge in [0.25, 0.3) is 0 Å². The van der Waals surface area contributed by atoms with Crippen LogP contribution in [0.4, 0.5) is 0 Å². The smallest absolute Gasteiger partial charge is 0.0678 e. The minimum Gasteiger partial charge on any atom is -0.324 e. The highest BCUT2D eigenvalue weighted by molar-refractivity contribution is 6.34. The maximum atomic E-state index is 6.19. The molecule has 0 spiro atoms. The van der Waals surface area contributed by atoms with Gasteiger partial charge in [0.2, 0.25) is 0 Å². The Kier molecular flexibility index (Phi) is 3.29. The van der Waals surface area contributed by atoms with Gasteiger partial charge in [-0.05, 0) is 44.4 Å². The van der Waals surface area contributed by atoms with Gasteiger partial charge in [0.15, 0.2) is 0 Å². The Labute approximate surface area is 122 Å². The number of halogens is 2. The van der Waals surface area contributed by atoms with Crippen molar-refractivity contribution in [1.82, 2.24) is 9.78 Å². The van der Waals surface area contributed by atoms with Crippen molar-refractivity contribution in [2.75, 3.05) is 0 Å². The summed E-state index contributed by atoms with van der Waals surface area (Å²) in [6, 6.07) is 5.56. The number of fused-ring (bicyclic) bond motifs is 1. The zero-order valence-electron chi connectivity index (χ0n) is 10.7. The molecule has 1 aliphatic carbocycles. The third-order valence-electron chi connectivity index (χ3n) is 3.60. The van der Waals surface area contributed by atoms with E-state index in [-0.39, 0.29) is 6.04 Å². The van der Waals surface area contributed by atoms with E-state index in [0.29, 0.717) is 10.0 Å². The molecule has 0 amide bonds. The molecule has 1 aliphatic rings. The van der Waals surface area contributed by atoms with E-state index >= 15 is 0 Å². The van der Waals surface area contributed by atoms with Gasteiger partial charge < -0.3 is 5.73 Å². The number of rotatable bonds is 1. The molecule has 19 heavy (non-hydrogen) atoms. The van der Waals surface area contributed by atoms with Crippen molar-refractivity contribution in [1.29, 1.82) is 0 Å². The van der Waals surface area contributed by atoms with E-state index in [9.17, 15) is 0 Å². The fraction of sp³-hybridized carbons (Fsp3) is 0.357. The first-order chi connectivity index (χ1) is 9.06. The molecule has 0 saturated carbocycles. The molecule has 0 bridgehead atoms. The third-order valence-corrected chi connectivity index (χ3v) is 4.03. The van der Waals surface area contributed by atoms with Crippen molar-refractivity contribution in [3.63, 3.8) is 0 Å². The van der Waals surface area contributed by atoms with E-state index in [1.807, 2.05) is 23.7 Å². The molecule has 1 heterocycles. The molecule has 3 nitrogen and oxygen atoms in total. The van der Waals surface area contributed by atoms with Crippen molar-refractivity contribution in [2.24, 2.45) is 5.73 Å². The molecule has 1 unspecified atom stereocenters. The third kappa shape index (κ3) is 2.27. The lowest BCUT2D eigenvalue weighted by Gasteiger charge is -2.20. The van der Waals surface area contributed by atoms with Gasteiger partial charge in [-0.1, -0.05) is 23.2 Å². The van der Waals surface area contributed by atoms with Gasteiger partial charge in [0.05, 0.1) is 11.4 Å². The van der Waals surface area contributed by atoms with E-state index in [1.54, 1.807) is 6.07 Å². The molecule has 0 fully saturated rings. The molecule has 0 saturated heterocycles. The molecule has 2 aromatic rings. The highest BCUT2D eigenvalue weighted by Crippen LogP contribution is 2.33. The van der Waals surface area contributed by atoms with Gasteiger partial charge in [0, 0.05) is 27.3 Å². The Hall–Kier alpha value is -1.03. The standard InChI is InChI=1S/C14H15Cl2N3/c1-8-14-12(17)3-2-4-13(14)19(18-8)11-6-9(15)5-10(16)7-11/h5-7,12H,2-4,17H2,1H3. The van der Waals surface area contributed by atoms with E-state index in [4.69, 9.17) is 28.9 Å². The molecule has 1 atom stereocenters. The fourth-order valence-corrected chi connectivity index (χ4v) is 3.33. The summed E-state index contributed by atoms with van der Waals surface area (Å²) in [4.78, 5) is 0. The first-order valence-electron chi connectivity index (χ1n) is 6.36. The highest BCUT2D eigenvalue weighted by atomic mass is 35.5. The summed E-state index contributed by atoms with van der Waals surface area (Å²) in [7, 11) is 0. The summed E-state index contributed by atoms with van der Waals surface area (Å²) >= 11 is 12.1. The summed E-state index contributed by atoms with van der Waals surface area (Å²) < 4.78 is 1.93. The molecule has 1 aromatic carbocycles. The van der Waals surface area contributed by atoms with Crippen LogP contribution in [-0.4, -0.2) is 9.78 Å². The summed E-state index contributed by atoms with van der Waals surface area (Å²) in [5, 5.41) is 5.85. The summed E-state index contributed by atoms with van der Waals surface area (Å²) in [6.07, 6.45) is 3.11. The van der Waals surface area contributed by atoms with Crippen molar-refractivity contribution in [3.8, 4) is 5.69 Å². The monoisotopic (exact) mass is 295 g/mol. The lowest BCUT2D eigenvalue weighted by molar-refractivity contribution is 0.557. The number of nitrogens with zero attached hydrogens (tertiary/aromatic N) is 2. The minimum atomic E-state index is 0.0900. The second-order valence-corrected chi connectivity index (χ2v) is 5.86. The first-order valence-corrected chi connectivity index (χ1v) is 7.12. The van der Waals surface area contributed by atoms with E-state index in [0.717, 1.165) is 30.6 Å². The molecule has 0 radical (unpaired) electrons. The average molecular weight is 296 g/mol. The number of hydrogen-bond donors (Lipinski definition) is 1. The van der Waals surface area contributed by atoms with Gasteiger partial charge in [-0.3, -0.25) is 0 Å². The topological polar surface area (TPSA) is 43.8 Å². The van der Waals surface area contributed by atoms with Crippen molar-refractivity contribution in [3.05, 3.63) is 45.2 Å². The molecule has 100 valence electrons. The molecule has 3 rings (SSSR count). The van der Waals surface area contributed by atoms with Gasteiger partial charge in [0.1, 0.15) is 0 Å². The predicted molar refractivity (Wildman–Crippen MR) is 78.2 cm³/mol. The zero-order valence-corrected chi connectivity index (χ0v) is 12.2. The van der Waals surface area contributed by atoms with Crippen LogP contribution in [0.5, 0.6) is 0 Å². The number of hydrogen-bond acceptors (Lipinski definition) is 2. The van der Waals surface area contributed by atoms with Gasteiger partial charge >= 0.3 is 0 Å². The summed E-state index contributed by atoms with van der Waals surface area (Å²) in [5.41, 5.74) is 10.5. The predicted octanol–water partition coefficient (Wildman–Crippen LogP) is 3.82. The van der Waals surface area contributed by atoms with Crippen LogP contribution in [0.15, 0.2) is 18.2 Å². The Morgan fingerprint density at radius 1 is 1.26 bits per heavy atom. The molecular formula is C14H15Cl2N3. The quantitative estimate of drug-likeness (QED) is 0.869. The molecular weight excluding hydrogens is 281 g/mol. The van der Waals surface area contributed by atoms with Crippen LogP contribution in [0.2, 0.25) is 10.0 Å². The maximum absolute atomic E-state index is 6.19. The van der Waals surface area contributed by atoms with Gasteiger partial charge in [-0.25, -0.2) is 4.68 Å². The van der Waals surface area contributed by atoms with Gasteiger partial charge in [-0.2, -0.15) is 5.10 Å². The second kappa shape index (κ2) is 4.82. The van der Waals surface area contributed by atoms with Crippen molar-refractivity contribution < 1.29 is 0 Å². The minimum absolute atomic E-state index is 0.0900. The number of aromatic nitrogens is 2. The normalized spacial score (nSPS) is 18.4. The van der Waals surface area contributed by atoms with Crippen LogP contribution in [0.25, 0.3) is 5.69 Å². The second-order valence-electron chi connectivity index (χ2n) is 4.98. The summed E-state index contributed by atoms with van der Waals surface area (Å²) in [5.74, 6) is 0. The van der Waals surface area contributed by atoms with Crippen LogP contribution in [0.3, 0.4) is 0 Å². The number of aryl methyl sites for hydroxylation is 1. The van der Waals surface area contributed by atoms with Crippen LogP contribution < -0.4 is 5.73 Å². The Morgan fingerprint density at radius 3 is 2.63 bits per heavy atom. The summed E-state index contributed by atoms with van der Waals surface area (Å²) in [6.45, 7) is 2.01. The van der Waals surface area contributed by atoms with Crippen molar-refractivity contribution in [2.45, 2.75) is 32.2 Å². The molecule has 2 N–H and O–H groups in total. The molecule has 0 aliphatic heterocycles. The highest BCUT2D eigenvalue weighted by Gasteiger charge is 2.25. The Balaban J connectivity index is 2.18. The maximum Gasteiger partial charge on any atom is 0.0678 e. The SMILES string of the molecule is Cc1nn(-c2cc(Cl)cc(Cl)c2)c2c1C(N)CCC2. The van der Waals surface area contributed by atoms with Crippen LogP contribution >= 0.6 is 23.2 Å².